The molecule has 4 nitrogen and oxygen atoms in total. The topological polar surface area (TPSA) is 36.4 Å². The monoisotopic (exact) mass is 355 g/mol. The first kappa shape index (κ1) is 20.4. The first-order valence-electron chi connectivity index (χ1n) is 9.67. The summed E-state index contributed by atoms with van der Waals surface area (Å²) in [6.45, 7) is 8.98. The molecule has 0 bridgehead atoms. The highest BCUT2D eigenvalue weighted by atomic mass is 16.2. The van der Waals surface area contributed by atoms with Crippen molar-refractivity contribution in [2.45, 2.75) is 40.2 Å². The van der Waals surface area contributed by atoms with Crippen LogP contribution in [0.5, 0.6) is 0 Å². The molecular weight excluding hydrogens is 322 g/mol. The predicted octanol–water partition coefficient (Wildman–Crippen LogP) is 4.20. The predicted molar refractivity (Wildman–Crippen MR) is 109 cm³/mol. The zero-order valence-electron chi connectivity index (χ0n) is 16.9. The minimum absolute atomic E-state index is 0.151. The van der Waals surface area contributed by atoms with Crippen molar-refractivity contribution in [2.75, 3.05) is 27.2 Å². The number of fused-ring (bicyclic) bond motifs is 1. The number of likely N-dealkylation sites (N-methyl/N-ethyl adjacent to an activating group) is 2. The van der Waals surface area contributed by atoms with E-state index in [0.717, 1.165) is 38.0 Å². The fourth-order valence-corrected chi connectivity index (χ4v) is 3.37. The van der Waals surface area contributed by atoms with E-state index in [4.69, 9.17) is 0 Å². The molecule has 0 radical (unpaired) electrons. The van der Waals surface area contributed by atoms with Gasteiger partial charge in [0.05, 0.1) is 5.52 Å². The van der Waals surface area contributed by atoms with Crippen LogP contribution in [0.4, 0.5) is 0 Å². The molecule has 1 atom stereocenters. The van der Waals surface area contributed by atoms with Gasteiger partial charge in [-0.25, -0.2) is 0 Å². The largest absolute Gasteiger partial charge is 0.344 e. The molecule has 0 saturated carbocycles. The Kier molecular flexibility index (Phi) is 7.58. The second-order valence-electron chi connectivity index (χ2n) is 7.76. The number of benzene rings is 1. The molecule has 2 aromatic rings. The van der Waals surface area contributed by atoms with Crippen molar-refractivity contribution in [3.8, 4) is 0 Å². The summed E-state index contributed by atoms with van der Waals surface area (Å²) < 4.78 is 0. The van der Waals surface area contributed by atoms with Gasteiger partial charge in [-0.1, -0.05) is 32.9 Å². The Morgan fingerprint density at radius 1 is 1.15 bits per heavy atom. The lowest BCUT2D eigenvalue weighted by molar-refractivity contribution is -0.135. The third-order valence-electron chi connectivity index (χ3n) is 4.91. The number of amides is 1. The van der Waals surface area contributed by atoms with Crippen molar-refractivity contribution in [3.05, 3.63) is 42.1 Å². The van der Waals surface area contributed by atoms with Gasteiger partial charge in [0.15, 0.2) is 0 Å². The van der Waals surface area contributed by atoms with Gasteiger partial charge in [-0.15, -0.1) is 0 Å². The highest BCUT2D eigenvalue weighted by Crippen LogP contribution is 2.18. The normalized spacial score (nSPS) is 12.7. The molecule has 1 heterocycles. The van der Waals surface area contributed by atoms with Gasteiger partial charge in [-0.3, -0.25) is 9.78 Å². The highest BCUT2D eigenvalue weighted by molar-refractivity contribution is 5.79. The average Bonchev–Trinajstić information content (AvgIpc) is 2.63. The molecule has 0 spiro atoms. The first-order valence-corrected chi connectivity index (χ1v) is 9.67. The van der Waals surface area contributed by atoms with Crippen LogP contribution in [-0.2, 0) is 11.3 Å². The minimum Gasteiger partial charge on any atom is -0.344 e. The molecule has 0 saturated heterocycles. The second-order valence-corrected chi connectivity index (χ2v) is 7.76. The summed E-state index contributed by atoms with van der Waals surface area (Å²) in [5, 5.41) is 1.17. The van der Waals surface area contributed by atoms with Crippen molar-refractivity contribution >= 4 is 16.8 Å². The zero-order chi connectivity index (χ0) is 19.1. The fraction of sp³-hybridized carbons (Fsp3) is 0.545. The van der Waals surface area contributed by atoms with E-state index in [2.05, 4.69) is 62.0 Å². The molecule has 0 aliphatic rings. The van der Waals surface area contributed by atoms with Crippen molar-refractivity contribution in [3.63, 3.8) is 0 Å². The maximum absolute atomic E-state index is 12.6. The van der Waals surface area contributed by atoms with Crippen LogP contribution in [0.1, 0.15) is 39.2 Å². The molecule has 1 unspecified atom stereocenters. The maximum atomic E-state index is 12.6. The van der Waals surface area contributed by atoms with Crippen LogP contribution in [0.15, 0.2) is 36.5 Å². The molecule has 1 aromatic carbocycles. The quantitative estimate of drug-likeness (QED) is 0.676. The number of nitrogens with zero attached hydrogens (tertiary/aromatic N) is 3. The molecule has 1 amide bonds. The Balaban J connectivity index is 1.86. The van der Waals surface area contributed by atoms with Gasteiger partial charge in [0, 0.05) is 44.2 Å². The smallest absolute Gasteiger partial charge is 0.225 e. The molecule has 2 rings (SSSR count). The van der Waals surface area contributed by atoms with E-state index in [1.54, 1.807) is 0 Å². The summed E-state index contributed by atoms with van der Waals surface area (Å²) in [5.41, 5.74) is 2.30. The van der Waals surface area contributed by atoms with Crippen molar-refractivity contribution in [1.29, 1.82) is 0 Å². The molecular formula is C22H33N3O. The highest BCUT2D eigenvalue weighted by Gasteiger charge is 2.21. The van der Waals surface area contributed by atoms with E-state index in [0.29, 0.717) is 5.92 Å². The summed E-state index contributed by atoms with van der Waals surface area (Å²) >= 11 is 0. The van der Waals surface area contributed by atoms with Gasteiger partial charge in [-0.05, 0) is 49.6 Å². The van der Waals surface area contributed by atoms with Crippen LogP contribution >= 0.6 is 0 Å². The molecule has 0 fully saturated rings. The van der Waals surface area contributed by atoms with Gasteiger partial charge < -0.3 is 9.80 Å². The van der Waals surface area contributed by atoms with Crippen LogP contribution in [-0.4, -0.2) is 47.9 Å². The molecule has 0 aliphatic carbocycles. The van der Waals surface area contributed by atoms with Gasteiger partial charge in [-0.2, -0.15) is 0 Å². The van der Waals surface area contributed by atoms with Crippen LogP contribution in [0.3, 0.4) is 0 Å². The van der Waals surface area contributed by atoms with E-state index in [1.165, 1.54) is 10.9 Å². The number of hydrogen-bond acceptors (Lipinski definition) is 3. The molecule has 4 heteroatoms. The van der Waals surface area contributed by atoms with Crippen molar-refractivity contribution < 1.29 is 4.79 Å². The summed E-state index contributed by atoms with van der Waals surface area (Å²) in [4.78, 5) is 21.2. The minimum atomic E-state index is 0.151. The Bertz CT molecular complexity index is 713. The molecule has 0 aliphatic heterocycles. The SMILES string of the molecule is CCC(CC(C)C)C(=O)N(C)CCN(C)Cc1ccc2ncccc2c1. The molecule has 142 valence electrons. The van der Waals surface area contributed by atoms with Crippen molar-refractivity contribution in [1.82, 2.24) is 14.8 Å². The first-order chi connectivity index (χ1) is 12.4. The van der Waals surface area contributed by atoms with Crippen LogP contribution in [0.2, 0.25) is 0 Å². The lowest BCUT2D eigenvalue weighted by atomic mass is 9.93. The van der Waals surface area contributed by atoms with Gasteiger partial charge in [0.1, 0.15) is 0 Å². The Hall–Kier alpha value is -1.94. The summed E-state index contributed by atoms with van der Waals surface area (Å²) in [7, 11) is 4.04. The van der Waals surface area contributed by atoms with Crippen LogP contribution < -0.4 is 0 Å². The van der Waals surface area contributed by atoms with E-state index in [1.807, 2.05) is 24.2 Å². The third-order valence-corrected chi connectivity index (χ3v) is 4.91. The number of carbonyl (C=O) groups is 1. The number of pyridine rings is 1. The van der Waals surface area contributed by atoms with Crippen molar-refractivity contribution in [2.24, 2.45) is 11.8 Å². The number of rotatable bonds is 9. The maximum Gasteiger partial charge on any atom is 0.225 e. The standard InChI is InChI=1S/C22H33N3O/c1-6-19(14-17(2)3)22(26)25(5)13-12-24(4)16-18-9-10-21-20(15-18)8-7-11-23-21/h7-11,15,17,19H,6,12-14,16H2,1-5H3. The number of aromatic nitrogens is 1. The molecule has 0 N–H and O–H groups in total. The average molecular weight is 356 g/mol. The van der Waals surface area contributed by atoms with Gasteiger partial charge in [0.25, 0.3) is 0 Å². The lowest BCUT2D eigenvalue weighted by Crippen LogP contribution is -2.38. The van der Waals surface area contributed by atoms with Crippen LogP contribution in [0.25, 0.3) is 10.9 Å². The molecule has 26 heavy (non-hydrogen) atoms. The van der Waals surface area contributed by atoms with E-state index in [-0.39, 0.29) is 11.8 Å². The summed E-state index contributed by atoms with van der Waals surface area (Å²) in [5.74, 6) is 0.993. The van der Waals surface area contributed by atoms with Crippen LogP contribution in [0, 0.1) is 11.8 Å². The van der Waals surface area contributed by atoms with Gasteiger partial charge in [0.2, 0.25) is 5.91 Å². The Morgan fingerprint density at radius 3 is 2.62 bits per heavy atom. The molecule has 1 aromatic heterocycles. The number of hydrogen-bond donors (Lipinski definition) is 0. The third kappa shape index (κ3) is 5.80. The fourth-order valence-electron chi connectivity index (χ4n) is 3.37. The zero-order valence-corrected chi connectivity index (χ0v) is 16.9. The summed E-state index contributed by atoms with van der Waals surface area (Å²) in [6.07, 6.45) is 3.72. The Morgan fingerprint density at radius 2 is 1.92 bits per heavy atom. The van der Waals surface area contributed by atoms with E-state index >= 15 is 0 Å². The number of carbonyl (C=O) groups excluding carboxylic acids is 1. The Labute approximate surface area is 158 Å². The van der Waals surface area contributed by atoms with E-state index in [9.17, 15) is 4.79 Å². The van der Waals surface area contributed by atoms with Gasteiger partial charge >= 0.3 is 0 Å². The van der Waals surface area contributed by atoms with E-state index < -0.39 is 0 Å². The summed E-state index contributed by atoms with van der Waals surface area (Å²) in [6, 6.07) is 10.5. The lowest BCUT2D eigenvalue weighted by Gasteiger charge is -2.26. The second kappa shape index (κ2) is 9.67.